The second-order valence-corrected chi connectivity index (χ2v) is 4.83. The van der Waals surface area contributed by atoms with Gasteiger partial charge in [-0.2, -0.15) is 0 Å². The first-order valence-corrected chi connectivity index (χ1v) is 6.80. The molecule has 2 aromatic carbocycles. The Labute approximate surface area is 123 Å². The van der Waals surface area contributed by atoms with Crippen LogP contribution in [-0.4, -0.2) is 12.5 Å². The lowest BCUT2D eigenvalue weighted by Crippen LogP contribution is -2.22. The van der Waals surface area contributed by atoms with Gasteiger partial charge in [-0.15, -0.1) is 0 Å². The summed E-state index contributed by atoms with van der Waals surface area (Å²) in [7, 11) is 0. The summed E-state index contributed by atoms with van der Waals surface area (Å²) in [4.78, 5) is 11.8. The highest BCUT2D eigenvalue weighted by atomic mass is 35.5. The molecule has 0 saturated carbocycles. The van der Waals surface area contributed by atoms with Crippen molar-refractivity contribution in [1.29, 1.82) is 0 Å². The Bertz CT molecular complexity index is 626. The Morgan fingerprint density at radius 2 is 2.05 bits per heavy atom. The molecule has 0 saturated heterocycles. The van der Waals surface area contributed by atoms with Crippen LogP contribution in [-0.2, 0) is 0 Å². The predicted molar refractivity (Wildman–Crippen MR) is 80.7 cm³/mol. The Morgan fingerprint density at radius 1 is 1.25 bits per heavy atom. The van der Waals surface area contributed by atoms with Gasteiger partial charge in [-0.1, -0.05) is 23.7 Å². The molecular formula is C16H16ClNO2. The van der Waals surface area contributed by atoms with Crippen LogP contribution in [0.5, 0.6) is 11.5 Å². The van der Waals surface area contributed by atoms with Gasteiger partial charge in [0.05, 0.1) is 5.02 Å². The van der Waals surface area contributed by atoms with Crippen LogP contribution in [0, 0.1) is 6.92 Å². The fourth-order valence-corrected chi connectivity index (χ4v) is 1.94. The molecule has 0 unspecified atom stereocenters. The van der Waals surface area contributed by atoms with E-state index in [1.807, 2.05) is 26.0 Å². The number of ether oxygens (including phenoxy) is 1. The third kappa shape index (κ3) is 3.52. The molecule has 2 aromatic rings. The Hall–Kier alpha value is -2.00. The number of carbonyl (C=O) groups is 1. The van der Waals surface area contributed by atoms with Crippen LogP contribution in [0.25, 0.3) is 0 Å². The number of benzene rings is 2. The van der Waals surface area contributed by atoms with E-state index in [1.165, 1.54) is 0 Å². The molecule has 20 heavy (non-hydrogen) atoms. The number of amides is 1. The molecule has 0 fully saturated rings. The van der Waals surface area contributed by atoms with Gasteiger partial charge >= 0.3 is 0 Å². The monoisotopic (exact) mass is 289 g/mol. The van der Waals surface area contributed by atoms with Gasteiger partial charge in [0.2, 0.25) is 0 Å². The van der Waals surface area contributed by atoms with Gasteiger partial charge in [0.25, 0.3) is 5.91 Å². The largest absolute Gasteiger partial charge is 0.456 e. The van der Waals surface area contributed by atoms with Crippen molar-refractivity contribution < 1.29 is 9.53 Å². The maximum Gasteiger partial charge on any atom is 0.251 e. The smallest absolute Gasteiger partial charge is 0.251 e. The normalized spacial score (nSPS) is 10.2. The van der Waals surface area contributed by atoms with Gasteiger partial charge in [-0.3, -0.25) is 4.79 Å². The average molecular weight is 290 g/mol. The molecule has 2 rings (SSSR count). The Balaban J connectivity index is 2.23. The van der Waals surface area contributed by atoms with E-state index in [0.717, 1.165) is 5.56 Å². The van der Waals surface area contributed by atoms with Gasteiger partial charge in [-0.25, -0.2) is 0 Å². The summed E-state index contributed by atoms with van der Waals surface area (Å²) in [6.07, 6.45) is 0. The summed E-state index contributed by atoms with van der Waals surface area (Å²) in [5.41, 5.74) is 1.62. The topological polar surface area (TPSA) is 38.3 Å². The van der Waals surface area contributed by atoms with E-state index in [-0.39, 0.29) is 5.91 Å². The highest BCUT2D eigenvalue weighted by Crippen LogP contribution is 2.30. The number of hydrogen-bond acceptors (Lipinski definition) is 2. The molecule has 4 heteroatoms. The van der Waals surface area contributed by atoms with E-state index < -0.39 is 0 Å². The van der Waals surface area contributed by atoms with Crippen molar-refractivity contribution in [3.63, 3.8) is 0 Å². The third-order valence-corrected chi connectivity index (χ3v) is 3.06. The second kappa shape index (κ2) is 6.44. The van der Waals surface area contributed by atoms with Gasteiger partial charge in [0.15, 0.2) is 0 Å². The quantitative estimate of drug-likeness (QED) is 0.916. The SMILES string of the molecule is CCNC(=O)c1cccc(Oc2cc(C)ccc2Cl)c1. The summed E-state index contributed by atoms with van der Waals surface area (Å²) in [6.45, 7) is 4.44. The molecule has 0 spiro atoms. The Morgan fingerprint density at radius 3 is 2.80 bits per heavy atom. The molecule has 0 aliphatic carbocycles. The van der Waals surface area contributed by atoms with Crippen LogP contribution < -0.4 is 10.1 Å². The van der Waals surface area contributed by atoms with Gasteiger partial charge in [0, 0.05) is 12.1 Å². The van der Waals surface area contributed by atoms with E-state index in [2.05, 4.69) is 5.32 Å². The molecule has 1 amide bonds. The zero-order chi connectivity index (χ0) is 14.5. The fourth-order valence-electron chi connectivity index (χ4n) is 1.78. The molecule has 1 N–H and O–H groups in total. The number of nitrogens with one attached hydrogen (secondary N) is 1. The number of carbonyl (C=O) groups excluding carboxylic acids is 1. The first kappa shape index (κ1) is 14.4. The van der Waals surface area contributed by atoms with Crippen molar-refractivity contribution in [2.24, 2.45) is 0 Å². The van der Waals surface area contributed by atoms with Crippen molar-refractivity contribution in [3.05, 3.63) is 58.6 Å². The van der Waals surface area contributed by atoms with Gasteiger partial charge in [0.1, 0.15) is 11.5 Å². The molecule has 0 radical (unpaired) electrons. The first-order valence-electron chi connectivity index (χ1n) is 6.42. The number of hydrogen-bond donors (Lipinski definition) is 1. The predicted octanol–water partition coefficient (Wildman–Crippen LogP) is 4.19. The van der Waals surface area contributed by atoms with Crippen LogP contribution in [0.1, 0.15) is 22.8 Å². The fraction of sp³-hybridized carbons (Fsp3) is 0.188. The highest BCUT2D eigenvalue weighted by Gasteiger charge is 2.07. The maximum atomic E-state index is 11.8. The number of halogens is 1. The molecule has 0 aliphatic rings. The zero-order valence-electron chi connectivity index (χ0n) is 11.4. The molecular weight excluding hydrogens is 274 g/mol. The molecule has 0 aromatic heterocycles. The van der Waals surface area contributed by atoms with E-state index in [1.54, 1.807) is 30.3 Å². The van der Waals surface area contributed by atoms with Gasteiger partial charge < -0.3 is 10.1 Å². The summed E-state index contributed by atoms with van der Waals surface area (Å²) in [5.74, 6) is 1.05. The summed E-state index contributed by atoms with van der Waals surface area (Å²) in [5, 5.41) is 3.29. The van der Waals surface area contributed by atoms with E-state index in [9.17, 15) is 4.79 Å². The van der Waals surface area contributed by atoms with Crippen LogP contribution in [0.15, 0.2) is 42.5 Å². The van der Waals surface area contributed by atoms with Crippen molar-refractivity contribution in [3.8, 4) is 11.5 Å². The van der Waals surface area contributed by atoms with E-state index in [4.69, 9.17) is 16.3 Å². The maximum absolute atomic E-state index is 11.8. The molecule has 0 atom stereocenters. The van der Waals surface area contributed by atoms with Crippen LogP contribution in [0.4, 0.5) is 0 Å². The highest BCUT2D eigenvalue weighted by molar-refractivity contribution is 6.32. The number of rotatable bonds is 4. The lowest BCUT2D eigenvalue weighted by Gasteiger charge is -2.09. The molecule has 0 bridgehead atoms. The van der Waals surface area contributed by atoms with Crippen LogP contribution in [0.2, 0.25) is 5.02 Å². The average Bonchev–Trinajstić information content (AvgIpc) is 2.43. The van der Waals surface area contributed by atoms with Crippen molar-refractivity contribution in [2.45, 2.75) is 13.8 Å². The molecule has 104 valence electrons. The minimum atomic E-state index is -0.117. The van der Waals surface area contributed by atoms with Crippen molar-refractivity contribution >= 4 is 17.5 Å². The lowest BCUT2D eigenvalue weighted by atomic mass is 10.2. The van der Waals surface area contributed by atoms with Crippen LogP contribution >= 0.6 is 11.6 Å². The van der Waals surface area contributed by atoms with Crippen molar-refractivity contribution in [1.82, 2.24) is 5.32 Å². The number of aryl methyl sites for hydroxylation is 1. The third-order valence-electron chi connectivity index (χ3n) is 2.75. The van der Waals surface area contributed by atoms with E-state index in [0.29, 0.717) is 28.6 Å². The second-order valence-electron chi connectivity index (χ2n) is 4.42. The lowest BCUT2D eigenvalue weighted by molar-refractivity contribution is 0.0955. The standard InChI is InChI=1S/C16H16ClNO2/c1-3-18-16(19)12-5-4-6-13(10-12)20-15-9-11(2)7-8-14(15)17/h4-10H,3H2,1-2H3,(H,18,19). The summed E-state index contributed by atoms with van der Waals surface area (Å²) >= 11 is 6.09. The van der Waals surface area contributed by atoms with Gasteiger partial charge in [-0.05, 0) is 49.7 Å². The first-order chi connectivity index (χ1) is 9.60. The summed E-state index contributed by atoms with van der Waals surface area (Å²) in [6, 6.07) is 12.6. The van der Waals surface area contributed by atoms with Crippen LogP contribution in [0.3, 0.4) is 0 Å². The summed E-state index contributed by atoms with van der Waals surface area (Å²) < 4.78 is 5.75. The Kier molecular flexibility index (Phi) is 4.64. The minimum Gasteiger partial charge on any atom is -0.456 e. The molecule has 0 aliphatic heterocycles. The zero-order valence-corrected chi connectivity index (χ0v) is 12.2. The minimum absolute atomic E-state index is 0.117. The van der Waals surface area contributed by atoms with E-state index >= 15 is 0 Å². The van der Waals surface area contributed by atoms with Crippen molar-refractivity contribution in [2.75, 3.05) is 6.54 Å². The molecule has 0 heterocycles. The molecule has 3 nitrogen and oxygen atoms in total.